The number of rotatable bonds is 3. The number of hydrogen-bond donors (Lipinski definition) is 1. The molecule has 23 heavy (non-hydrogen) atoms. The number of nitrogens with zero attached hydrogens (tertiary/aromatic N) is 2. The maximum absolute atomic E-state index is 12.0. The highest BCUT2D eigenvalue weighted by atomic mass is 16.5. The second kappa shape index (κ2) is 8.07. The Morgan fingerprint density at radius 3 is 2.22 bits per heavy atom. The Bertz CT molecular complexity index is 563. The van der Waals surface area contributed by atoms with Crippen LogP contribution in [0.4, 0.5) is 9.59 Å². The van der Waals surface area contributed by atoms with E-state index in [0.29, 0.717) is 26.2 Å². The van der Waals surface area contributed by atoms with Gasteiger partial charge in [0, 0.05) is 32.4 Å². The third-order valence-corrected chi connectivity index (χ3v) is 3.60. The summed E-state index contributed by atoms with van der Waals surface area (Å²) in [4.78, 5) is 26.7. The third kappa shape index (κ3) is 4.64. The van der Waals surface area contributed by atoms with Crippen molar-refractivity contribution in [1.82, 2.24) is 15.1 Å². The fourth-order valence-corrected chi connectivity index (χ4v) is 2.24. The quantitative estimate of drug-likeness (QED) is 0.921. The van der Waals surface area contributed by atoms with Crippen LogP contribution < -0.4 is 10.1 Å². The maximum Gasteiger partial charge on any atom is 0.409 e. The lowest BCUT2D eigenvalue weighted by Gasteiger charge is -2.33. The Balaban J connectivity index is 1.78. The summed E-state index contributed by atoms with van der Waals surface area (Å²) in [7, 11) is 2.97. The van der Waals surface area contributed by atoms with Gasteiger partial charge in [0.2, 0.25) is 0 Å². The van der Waals surface area contributed by atoms with Crippen LogP contribution in [0.2, 0.25) is 0 Å². The van der Waals surface area contributed by atoms with Crippen LogP contribution >= 0.6 is 0 Å². The number of hydrogen-bond acceptors (Lipinski definition) is 4. The first-order valence-electron chi connectivity index (χ1n) is 7.33. The van der Waals surface area contributed by atoms with Gasteiger partial charge < -0.3 is 24.6 Å². The van der Waals surface area contributed by atoms with E-state index in [1.54, 1.807) is 23.1 Å². The normalized spacial score (nSPS) is 14.7. The molecule has 0 aliphatic carbocycles. The molecule has 1 saturated heterocycles. The Kier molecular flexibility index (Phi) is 5.85. The van der Waals surface area contributed by atoms with Crippen molar-refractivity contribution in [3.05, 3.63) is 36.0 Å². The van der Waals surface area contributed by atoms with Crippen LogP contribution in [0, 0.1) is 0 Å². The molecule has 1 N–H and O–H groups in total. The summed E-state index contributed by atoms with van der Waals surface area (Å²) in [6, 6.07) is 7.33. The molecule has 7 heteroatoms. The molecule has 0 saturated carbocycles. The molecule has 0 aromatic heterocycles. The van der Waals surface area contributed by atoms with E-state index in [0.717, 1.165) is 11.3 Å². The first-order valence-corrected chi connectivity index (χ1v) is 7.33. The molecule has 3 amide bonds. The van der Waals surface area contributed by atoms with Gasteiger partial charge in [0.25, 0.3) is 0 Å². The van der Waals surface area contributed by atoms with Gasteiger partial charge in [-0.2, -0.15) is 0 Å². The minimum Gasteiger partial charge on any atom is -0.497 e. The first-order chi connectivity index (χ1) is 11.1. The smallest absolute Gasteiger partial charge is 0.409 e. The van der Waals surface area contributed by atoms with E-state index in [2.05, 4.69) is 10.1 Å². The van der Waals surface area contributed by atoms with Gasteiger partial charge in [-0.05, 0) is 23.8 Å². The number of piperazine rings is 1. The lowest BCUT2D eigenvalue weighted by Crippen LogP contribution is -2.52. The van der Waals surface area contributed by atoms with Gasteiger partial charge in [-0.15, -0.1) is 0 Å². The molecule has 1 fully saturated rings. The Labute approximate surface area is 135 Å². The summed E-state index contributed by atoms with van der Waals surface area (Å²) in [5.74, 6) is 0.787. The molecule has 0 atom stereocenters. The third-order valence-electron chi connectivity index (χ3n) is 3.60. The SMILES string of the molecule is COC(=O)N1CCN(C(=O)N/C=C/c2ccc(OC)cc2)CC1. The molecule has 2 rings (SSSR count). The van der Waals surface area contributed by atoms with Gasteiger partial charge in [-0.25, -0.2) is 9.59 Å². The summed E-state index contributed by atoms with van der Waals surface area (Å²) < 4.78 is 9.75. The van der Waals surface area contributed by atoms with Crippen LogP contribution in [0.5, 0.6) is 5.75 Å². The topological polar surface area (TPSA) is 71.1 Å². The van der Waals surface area contributed by atoms with Gasteiger partial charge in [0.15, 0.2) is 0 Å². The highest BCUT2D eigenvalue weighted by Crippen LogP contribution is 2.12. The van der Waals surface area contributed by atoms with Crippen LogP contribution in [0.15, 0.2) is 30.5 Å². The Morgan fingerprint density at radius 1 is 1.04 bits per heavy atom. The molecule has 0 unspecified atom stereocenters. The molecular weight excluding hydrogens is 298 g/mol. The van der Waals surface area contributed by atoms with E-state index in [4.69, 9.17) is 4.74 Å². The second-order valence-electron chi connectivity index (χ2n) is 5.00. The van der Waals surface area contributed by atoms with E-state index in [-0.39, 0.29) is 12.1 Å². The number of ether oxygens (including phenoxy) is 2. The molecule has 1 heterocycles. The van der Waals surface area contributed by atoms with E-state index >= 15 is 0 Å². The van der Waals surface area contributed by atoms with Crippen LogP contribution in [-0.2, 0) is 4.74 Å². The predicted molar refractivity (Wildman–Crippen MR) is 86.1 cm³/mol. The minimum absolute atomic E-state index is 0.181. The fraction of sp³-hybridized carbons (Fsp3) is 0.375. The summed E-state index contributed by atoms with van der Waals surface area (Å²) in [6.45, 7) is 1.92. The lowest BCUT2D eigenvalue weighted by atomic mass is 10.2. The number of methoxy groups -OCH3 is 2. The van der Waals surface area contributed by atoms with Crippen molar-refractivity contribution in [2.75, 3.05) is 40.4 Å². The van der Waals surface area contributed by atoms with Crippen molar-refractivity contribution in [3.63, 3.8) is 0 Å². The molecule has 124 valence electrons. The Hall–Kier alpha value is -2.70. The van der Waals surface area contributed by atoms with Crippen molar-refractivity contribution in [1.29, 1.82) is 0 Å². The van der Waals surface area contributed by atoms with E-state index in [1.165, 1.54) is 7.11 Å². The molecule has 0 spiro atoms. The van der Waals surface area contributed by atoms with E-state index < -0.39 is 0 Å². The van der Waals surface area contributed by atoms with Gasteiger partial charge >= 0.3 is 12.1 Å². The van der Waals surface area contributed by atoms with Gasteiger partial charge in [0.05, 0.1) is 14.2 Å². The number of amides is 3. The summed E-state index contributed by atoms with van der Waals surface area (Å²) in [5, 5.41) is 2.73. The summed E-state index contributed by atoms with van der Waals surface area (Å²) in [5.41, 5.74) is 0.960. The minimum atomic E-state index is -0.357. The van der Waals surface area contributed by atoms with Gasteiger partial charge in [-0.3, -0.25) is 0 Å². The number of benzene rings is 1. The number of urea groups is 1. The second-order valence-corrected chi connectivity index (χ2v) is 5.00. The molecule has 1 aliphatic rings. The highest BCUT2D eigenvalue weighted by molar-refractivity contribution is 5.76. The maximum atomic E-state index is 12.0. The lowest BCUT2D eigenvalue weighted by molar-refractivity contribution is 0.0977. The standard InChI is InChI=1S/C16H21N3O4/c1-22-14-5-3-13(4-6-14)7-8-17-15(20)18-9-11-19(12-10-18)16(21)23-2/h3-8H,9-12H2,1-2H3,(H,17,20)/b8-7+. The van der Waals surface area contributed by atoms with E-state index in [9.17, 15) is 9.59 Å². The average Bonchev–Trinajstić information content (AvgIpc) is 2.61. The van der Waals surface area contributed by atoms with Gasteiger partial charge in [-0.1, -0.05) is 12.1 Å². The van der Waals surface area contributed by atoms with Crippen LogP contribution in [0.1, 0.15) is 5.56 Å². The molecule has 7 nitrogen and oxygen atoms in total. The monoisotopic (exact) mass is 319 g/mol. The Morgan fingerprint density at radius 2 is 1.65 bits per heavy atom. The zero-order valence-corrected chi connectivity index (χ0v) is 13.3. The molecule has 1 aromatic carbocycles. The number of carbonyl (C=O) groups excluding carboxylic acids is 2. The zero-order valence-electron chi connectivity index (χ0n) is 13.3. The van der Waals surface area contributed by atoms with Crippen LogP contribution in [0.25, 0.3) is 6.08 Å². The number of nitrogens with one attached hydrogen (secondary N) is 1. The summed E-state index contributed by atoms with van der Waals surface area (Å²) >= 11 is 0. The molecule has 1 aromatic rings. The molecular formula is C16H21N3O4. The molecule has 1 aliphatic heterocycles. The predicted octanol–water partition coefficient (Wildman–Crippen LogP) is 1.76. The highest BCUT2D eigenvalue weighted by Gasteiger charge is 2.23. The fourth-order valence-electron chi connectivity index (χ4n) is 2.24. The van der Waals surface area contributed by atoms with E-state index in [1.807, 2.05) is 30.3 Å². The van der Waals surface area contributed by atoms with Crippen LogP contribution in [0.3, 0.4) is 0 Å². The number of carbonyl (C=O) groups is 2. The van der Waals surface area contributed by atoms with Crippen molar-refractivity contribution >= 4 is 18.2 Å². The first kappa shape index (κ1) is 16.7. The van der Waals surface area contributed by atoms with Gasteiger partial charge in [0.1, 0.15) is 5.75 Å². The zero-order chi connectivity index (χ0) is 16.7. The average molecular weight is 319 g/mol. The largest absolute Gasteiger partial charge is 0.497 e. The van der Waals surface area contributed by atoms with Crippen molar-refractivity contribution in [2.45, 2.75) is 0 Å². The molecule has 0 radical (unpaired) electrons. The summed E-state index contributed by atoms with van der Waals surface area (Å²) in [6.07, 6.45) is 3.06. The molecule has 0 bridgehead atoms. The van der Waals surface area contributed by atoms with Crippen molar-refractivity contribution in [2.24, 2.45) is 0 Å². The van der Waals surface area contributed by atoms with Crippen molar-refractivity contribution < 1.29 is 19.1 Å². The van der Waals surface area contributed by atoms with Crippen LogP contribution in [-0.4, -0.2) is 62.3 Å². The van der Waals surface area contributed by atoms with Crippen molar-refractivity contribution in [3.8, 4) is 5.75 Å².